The first-order valence-corrected chi connectivity index (χ1v) is 8.94. The predicted octanol–water partition coefficient (Wildman–Crippen LogP) is 5.26. The molecule has 0 saturated carbocycles. The number of thiophene rings is 1. The Morgan fingerprint density at radius 2 is 1.92 bits per heavy atom. The van der Waals surface area contributed by atoms with E-state index in [2.05, 4.69) is 4.90 Å². The fraction of sp³-hybridized carbons (Fsp3) is 0.353. The summed E-state index contributed by atoms with van der Waals surface area (Å²) in [4.78, 5) is 14.0. The summed E-state index contributed by atoms with van der Waals surface area (Å²) < 4.78 is 11.8. The molecule has 0 unspecified atom stereocenters. The number of hydrogen-bond acceptors (Lipinski definition) is 5. The maximum absolute atomic E-state index is 11.9. The summed E-state index contributed by atoms with van der Waals surface area (Å²) in [5.41, 5.74) is 1.96. The molecule has 0 aliphatic carbocycles. The van der Waals surface area contributed by atoms with Crippen LogP contribution in [0.4, 0.5) is 0 Å². The lowest BCUT2D eigenvalue weighted by Gasteiger charge is -2.12. The molecule has 4 nitrogen and oxygen atoms in total. The van der Waals surface area contributed by atoms with Crippen molar-refractivity contribution in [3.05, 3.63) is 38.5 Å². The Balaban J connectivity index is 0.00000312. The largest absolute Gasteiger partial charge is 0.493 e. The average molecular weight is 425 g/mol. The fourth-order valence-corrected chi connectivity index (χ4v) is 3.69. The molecule has 138 valence electrons. The van der Waals surface area contributed by atoms with Crippen molar-refractivity contribution < 1.29 is 14.3 Å². The maximum Gasteiger partial charge on any atom is 0.338 e. The summed E-state index contributed by atoms with van der Waals surface area (Å²) in [6.45, 7) is 1.48. The third-order valence-electron chi connectivity index (χ3n) is 3.31. The molecule has 0 fully saturated rings. The highest BCUT2D eigenvalue weighted by Crippen LogP contribution is 2.39. The van der Waals surface area contributed by atoms with Gasteiger partial charge < -0.3 is 14.4 Å². The summed E-state index contributed by atoms with van der Waals surface area (Å²) >= 11 is 13.5. The zero-order chi connectivity index (χ0) is 17.7. The molecule has 0 amide bonds. The number of ether oxygens (including phenoxy) is 2. The van der Waals surface area contributed by atoms with Crippen LogP contribution < -0.4 is 4.74 Å². The molecule has 1 aromatic heterocycles. The highest BCUT2D eigenvalue weighted by Gasteiger charge is 2.14. The minimum absolute atomic E-state index is 0. The van der Waals surface area contributed by atoms with Gasteiger partial charge >= 0.3 is 5.97 Å². The van der Waals surface area contributed by atoms with E-state index in [1.165, 1.54) is 18.4 Å². The molecule has 0 radical (unpaired) electrons. The number of hydrogen-bond donors (Lipinski definition) is 0. The first kappa shape index (κ1) is 22.1. The van der Waals surface area contributed by atoms with Crippen molar-refractivity contribution in [1.82, 2.24) is 4.90 Å². The van der Waals surface area contributed by atoms with E-state index in [0.29, 0.717) is 26.6 Å². The highest BCUT2D eigenvalue weighted by molar-refractivity contribution is 7.20. The van der Waals surface area contributed by atoms with Crippen LogP contribution in [0.5, 0.6) is 5.75 Å². The third-order valence-corrected chi connectivity index (χ3v) is 4.80. The minimum Gasteiger partial charge on any atom is -0.493 e. The van der Waals surface area contributed by atoms with Crippen molar-refractivity contribution in [2.75, 3.05) is 34.4 Å². The van der Waals surface area contributed by atoms with Crippen molar-refractivity contribution in [3.63, 3.8) is 0 Å². The Morgan fingerprint density at radius 1 is 1.20 bits per heavy atom. The number of carbonyl (C=O) groups excluding carboxylic acids is 1. The molecule has 0 bridgehead atoms. The van der Waals surface area contributed by atoms with Crippen molar-refractivity contribution in [2.45, 2.75) is 6.42 Å². The third kappa shape index (κ3) is 6.35. The van der Waals surface area contributed by atoms with E-state index in [9.17, 15) is 4.79 Å². The Hall–Kier alpha value is -0.980. The summed E-state index contributed by atoms with van der Waals surface area (Å²) in [5, 5.41) is 0. The van der Waals surface area contributed by atoms with Gasteiger partial charge in [-0.2, -0.15) is 0 Å². The molecule has 8 heteroatoms. The number of methoxy groups -OCH3 is 1. The van der Waals surface area contributed by atoms with Gasteiger partial charge in [-0.05, 0) is 50.3 Å². The van der Waals surface area contributed by atoms with Crippen molar-refractivity contribution in [1.29, 1.82) is 0 Å². The Bertz CT molecular complexity index is 719. The van der Waals surface area contributed by atoms with Crippen LogP contribution in [0, 0.1) is 0 Å². The number of halogens is 3. The van der Waals surface area contributed by atoms with E-state index in [4.69, 9.17) is 32.7 Å². The van der Waals surface area contributed by atoms with E-state index in [0.717, 1.165) is 24.1 Å². The molecule has 2 rings (SSSR count). The first-order valence-electron chi connectivity index (χ1n) is 7.37. The Labute approximate surface area is 168 Å². The summed E-state index contributed by atoms with van der Waals surface area (Å²) in [7, 11) is 5.37. The van der Waals surface area contributed by atoms with Crippen LogP contribution in [0.1, 0.15) is 16.8 Å². The smallest absolute Gasteiger partial charge is 0.338 e. The van der Waals surface area contributed by atoms with Crippen LogP contribution in [-0.4, -0.2) is 45.2 Å². The number of rotatable bonds is 7. The van der Waals surface area contributed by atoms with E-state index in [1.54, 1.807) is 18.2 Å². The SMILES string of the molecule is COC(=O)c1cc(OCCCN(C)C)cc(-c2cc(Cl)sc2Cl)c1.Cl. The van der Waals surface area contributed by atoms with Gasteiger partial charge in [-0.1, -0.05) is 23.2 Å². The minimum atomic E-state index is -0.424. The lowest BCUT2D eigenvalue weighted by Crippen LogP contribution is -2.15. The van der Waals surface area contributed by atoms with Crippen LogP contribution in [-0.2, 0) is 4.74 Å². The van der Waals surface area contributed by atoms with Gasteiger partial charge in [0, 0.05) is 12.1 Å². The molecule has 25 heavy (non-hydrogen) atoms. The van der Waals surface area contributed by atoms with E-state index in [-0.39, 0.29) is 12.4 Å². The number of carbonyl (C=O) groups is 1. The zero-order valence-corrected chi connectivity index (χ0v) is 17.3. The normalized spacial score (nSPS) is 10.5. The van der Waals surface area contributed by atoms with Gasteiger partial charge in [0.1, 0.15) is 10.1 Å². The quantitative estimate of drug-likeness (QED) is 0.449. The van der Waals surface area contributed by atoms with E-state index < -0.39 is 5.97 Å². The van der Waals surface area contributed by atoms with E-state index in [1.807, 2.05) is 20.2 Å². The second kappa shape index (κ2) is 10.2. The highest BCUT2D eigenvalue weighted by atomic mass is 35.5. The second-order valence-electron chi connectivity index (χ2n) is 5.48. The van der Waals surface area contributed by atoms with Crippen LogP contribution in [0.15, 0.2) is 24.3 Å². The number of benzene rings is 1. The van der Waals surface area contributed by atoms with Gasteiger partial charge in [-0.3, -0.25) is 0 Å². The predicted molar refractivity (Wildman–Crippen MR) is 107 cm³/mol. The fourth-order valence-electron chi connectivity index (χ4n) is 2.18. The van der Waals surface area contributed by atoms with Crippen LogP contribution in [0.25, 0.3) is 11.1 Å². The van der Waals surface area contributed by atoms with Crippen LogP contribution in [0.2, 0.25) is 8.67 Å². The molecule has 0 atom stereocenters. The van der Waals surface area contributed by atoms with Gasteiger partial charge in [0.15, 0.2) is 0 Å². The number of esters is 1. The topological polar surface area (TPSA) is 38.8 Å². The molecule has 1 aromatic carbocycles. The van der Waals surface area contributed by atoms with Gasteiger partial charge in [0.2, 0.25) is 0 Å². The number of nitrogens with zero attached hydrogens (tertiary/aromatic N) is 1. The van der Waals surface area contributed by atoms with Crippen molar-refractivity contribution in [3.8, 4) is 16.9 Å². The van der Waals surface area contributed by atoms with Gasteiger partial charge in [-0.15, -0.1) is 23.7 Å². The lowest BCUT2D eigenvalue weighted by atomic mass is 10.1. The molecule has 0 aliphatic rings. The zero-order valence-electron chi connectivity index (χ0n) is 14.2. The molecule has 0 saturated heterocycles. The molecule has 2 aromatic rings. The van der Waals surface area contributed by atoms with Crippen LogP contribution >= 0.6 is 46.9 Å². The lowest BCUT2D eigenvalue weighted by molar-refractivity contribution is 0.0600. The van der Waals surface area contributed by atoms with Gasteiger partial charge in [0.05, 0.1) is 23.6 Å². The summed E-state index contributed by atoms with van der Waals surface area (Å²) in [6.07, 6.45) is 0.885. The summed E-state index contributed by atoms with van der Waals surface area (Å²) in [5.74, 6) is 0.178. The van der Waals surface area contributed by atoms with Crippen molar-refractivity contribution in [2.24, 2.45) is 0 Å². The Kier molecular flexibility index (Phi) is 9.03. The van der Waals surface area contributed by atoms with Gasteiger partial charge in [0.25, 0.3) is 0 Å². The van der Waals surface area contributed by atoms with E-state index >= 15 is 0 Å². The maximum atomic E-state index is 11.9. The van der Waals surface area contributed by atoms with Crippen LogP contribution in [0.3, 0.4) is 0 Å². The molecule has 0 N–H and O–H groups in total. The molecule has 0 aliphatic heterocycles. The second-order valence-corrected chi connectivity index (χ2v) is 7.77. The Morgan fingerprint density at radius 3 is 2.48 bits per heavy atom. The first-order chi connectivity index (χ1) is 11.4. The summed E-state index contributed by atoms with van der Waals surface area (Å²) in [6, 6.07) is 7.03. The molecular weight excluding hydrogens is 405 g/mol. The molecule has 1 heterocycles. The molecule has 0 spiro atoms. The average Bonchev–Trinajstić information content (AvgIpc) is 2.89. The monoisotopic (exact) mass is 423 g/mol. The molecular formula is C17H20Cl3NO3S. The standard InChI is InChI=1S/C17H19Cl2NO3S.ClH/c1-20(2)5-4-6-23-13-8-11(7-12(9-13)17(21)22-3)14-10-15(18)24-16(14)19;/h7-10H,4-6H2,1-3H3;1H. The van der Waals surface area contributed by atoms with Crippen molar-refractivity contribution >= 4 is 52.9 Å². The van der Waals surface area contributed by atoms with Gasteiger partial charge in [-0.25, -0.2) is 4.79 Å².